The molecule has 2 aliphatic carbocycles. The lowest BCUT2D eigenvalue weighted by Gasteiger charge is -2.56. The minimum absolute atomic E-state index is 0.0573. The Bertz CT molecular complexity index is 2060. The average Bonchev–Trinajstić information content (AvgIpc) is 3.50. The van der Waals surface area contributed by atoms with E-state index >= 15 is 4.39 Å². The summed E-state index contributed by atoms with van der Waals surface area (Å²) in [4.78, 5) is 44.6. The van der Waals surface area contributed by atoms with Crippen LogP contribution in [0.2, 0.25) is 5.02 Å². The zero-order chi connectivity index (χ0) is 42.4. The normalized spacial score (nSPS) is 33.0. The van der Waals surface area contributed by atoms with Crippen LogP contribution in [0.3, 0.4) is 0 Å². The molecule has 1 aromatic rings. The number of carbonyl (C=O) groups is 2. The van der Waals surface area contributed by atoms with Crippen molar-refractivity contribution in [3.05, 3.63) is 64.4 Å². The molecule has 1 spiro atoms. The molecule has 6 unspecified atom stereocenters. The molecule has 6 fully saturated rings. The number of amidine groups is 1. The van der Waals surface area contributed by atoms with Crippen LogP contribution in [0.15, 0.2) is 63.8 Å². The van der Waals surface area contributed by atoms with Crippen molar-refractivity contribution in [1.82, 2.24) is 30.2 Å². The first kappa shape index (κ1) is 41.8. The summed E-state index contributed by atoms with van der Waals surface area (Å²) < 4.78 is 21.7. The Morgan fingerprint density at radius 1 is 1.00 bits per heavy atom. The van der Waals surface area contributed by atoms with E-state index in [1.54, 1.807) is 24.3 Å². The average molecular weight is 860 g/mol. The number of imide groups is 1. The molecular weight excluding hydrogens is 805 g/mol. The summed E-state index contributed by atoms with van der Waals surface area (Å²) in [5.74, 6) is -1.51. The molecule has 0 radical (unpaired) electrons. The highest BCUT2D eigenvalue weighted by molar-refractivity contribution is 6.31. The molecule has 9 rings (SSSR count). The molecule has 0 bridgehead atoms. The number of amides is 2. The quantitative estimate of drug-likeness (QED) is 0.146. The molecule has 5 N–H and O–H groups in total. The summed E-state index contributed by atoms with van der Waals surface area (Å²) in [5, 5.41) is 46.3. The highest BCUT2D eigenvalue weighted by Gasteiger charge is 2.54. The summed E-state index contributed by atoms with van der Waals surface area (Å²) in [6.07, 6.45) is 12.1. The first-order valence-corrected chi connectivity index (χ1v) is 22.3. The van der Waals surface area contributed by atoms with Crippen LogP contribution in [-0.4, -0.2) is 147 Å². The number of fused-ring (bicyclic) bond motifs is 1. The maximum Gasteiger partial charge on any atom is 0.237 e. The Morgan fingerprint density at radius 2 is 1.72 bits per heavy atom. The van der Waals surface area contributed by atoms with Gasteiger partial charge >= 0.3 is 0 Å². The van der Waals surface area contributed by atoms with Crippen LogP contribution in [-0.2, 0) is 9.59 Å². The van der Waals surface area contributed by atoms with E-state index in [1.165, 1.54) is 6.08 Å². The van der Waals surface area contributed by atoms with Crippen LogP contribution in [0.4, 0.5) is 4.39 Å². The zero-order valence-electron chi connectivity index (χ0n) is 34.2. The summed E-state index contributed by atoms with van der Waals surface area (Å²) >= 11 is 6.17. The van der Waals surface area contributed by atoms with Crippen molar-refractivity contribution >= 4 is 35.5 Å². The zero-order valence-corrected chi connectivity index (χ0v) is 35.0. The topological polar surface area (TPSA) is 190 Å². The molecular formula is C44H55ClFN9O6. The fraction of sp³-hybridized carbons (Fsp3) is 0.614. The van der Waals surface area contributed by atoms with E-state index in [1.807, 2.05) is 11.1 Å². The molecule has 5 saturated heterocycles. The molecule has 6 heterocycles. The standard InChI is InChI=1S/C44H55ClFN9O6/c45-33-17-30(4-1-26(33)20-47)61-29-5-2-27(3-6-29)50-41(58)35-21-49-39(22-48-35)53-13-9-28(10-14-53)52-15-11-44(12-16-52)24-54(25-44)38-19-32-31(18-34(38)46)42(59)55(43(32)60)37-7-8-40(57)51-36(37)23-56/h1,4,17-19,22-23,27-29,31-32,35,37,40-41,50-51,56-58H,2-3,5-16,21,24-25H2/b36-23+. The lowest BCUT2D eigenvalue weighted by atomic mass is 9.71. The molecule has 8 aliphatic rings. The largest absolute Gasteiger partial charge is 0.514 e. The smallest absolute Gasteiger partial charge is 0.237 e. The molecule has 15 nitrogen and oxygen atoms in total. The molecule has 1 saturated carbocycles. The molecule has 61 heavy (non-hydrogen) atoms. The summed E-state index contributed by atoms with van der Waals surface area (Å²) in [6, 6.07) is 6.80. The Balaban J connectivity index is 0.690. The van der Waals surface area contributed by atoms with Crippen molar-refractivity contribution in [3.8, 4) is 11.8 Å². The fourth-order valence-corrected chi connectivity index (χ4v) is 11.0. The molecule has 1 aromatic carbocycles. The fourth-order valence-electron chi connectivity index (χ4n) is 10.8. The highest BCUT2D eigenvalue weighted by atomic mass is 35.5. The van der Waals surface area contributed by atoms with Crippen LogP contribution in [0.1, 0.15) is 69.8 Å². The van der Waals surface area contributed by atoms with Gasteiger partial charge in [-0.25, -0.2) is 4.39 Å². The third-order valence-electron chi connectivity index (χ3n) is 14.4. The van der Waals surface area contributed by atoms with E-state index in [-0.39, 0.29) is 29.3 Å². The minimum Gasteiger partial charge on any atom is -0.514 e. The van der Waals surface area contributed by atoms with Crippen LogP contribution < -0.4 is 15.4 Å². The van der Waals surface area contributed by atoms with E-state index in [0.717, 1.165) is 108 Å². The number of carbonyl (C=O) groups excluding carboxylic acids is 2. The Morgan fingerprint density at radius 3 is 2.38 bits per heavy atom. The number of nitrogens with one attached hydrogen (secondary N) is 2. The number of nitriles is 1. The lowest BCUT2D eigenvalue weighted by Crippen LogP contribution is -2.61. The Hall–Kier alpha value is -4.53. The maximum atomic E-state index is 15.6. The number of hydrogen-bond donors (Lipinski definition) is 5. The van der Waals surface area contributed by atoms with Gasteiger partial charge in [-0.2, -0.15) is 5.26 Å². The first-order chi connectivity index (χ1) is 29.5. The van der Waals surface area contributed by atoms with Crippen LogP contribution in [0, 0.1) is 28.6 Å². The monoisotopic (exact) mass is 859 g/mol. The van der Waals surface area contributed by atoms with E-state index < -0.39 is 48.0 Å². The van der Waals surface area contributed by atoms with Crippen molar-refractivity contribution in [2.75, 3.05) is 45.8 Å². The Labute approximate surface area is 360 Å². The number of aliphatic hydroxyl groups is 3. The van der Waals surface area contributed by atoms with Gasteiger partial charge in [0, 0.05) is 49.7 Å². The van der Waals surface area contributed by atoms with Gasteiger partial charge in [-0.1, -0.05) is 11.6 Å². The van der Waals surface area contributed by atoms with E-state index in [0.29, 0.717) is 47.5 Å². The SMILES string of the molecule is N#Cc1ccc(OC2CCC(NC(O)C3CN=C(N4CCC(N5CCC6(CC5)CN(C5=CC7C(=O)N(C8CCC(O)N/C8=C/O)C(=O)C7C=C5F)C6)CC4)C=N3)CC2)cc1Cl. The first-order valence-electron chi connectivity index (χ1n) is 21.9. The predicted molar refractivity (Wildman–Crippen MR) is 225 cm³/mol. The number of aliphatic hydroxyl groups excluding tert-OH is 3. The van der Waals surface area contributed by atoms with Crippen molar-refractivity contribution in [2.45, 2.75) is 107 Å². The number of hydrogen-bond acceptors (Lipinski definition) is 14. The van der Waals surface area contributed by atoms with Gasteiger partial charge in [0.2, 0.25) is 11.8 Å². The summed E-state index contributed by atoms with van der Waals surface area (Å²) in [6.45, 7) is 5.64. The van der Waals surface area contributed by atoms with Gasteiger partial charge in [0.15, 0.2) is 0 Å². The number of piperidine rings is 3. The van der Waals surface area contributed by atoms with Crippen molar-refractivity contribution in [1.29, 1.82) is 5.26 Å². The third kappa shape index (κ3) is 8.39. The molecule has 6 aliphatic heterocycles. The molecule has 326 valence electrons. The number of nitrogens with zero attached hydrogens (tertiary/aromatic N) is 7. The van der Waals surface area contributed by atoms with Gasteiger partial charge in [-0.3, -0.25) is 29.8 Å². The highest BCUT2D eigenvalue weighted by Crippen LogP contribution is 2.47. The second kappa shape index (κ2) is 17.3. The molecule has 6 atom stereocenters. The second-order valence-corrected chi connectivity index (χ2v) is 18.5. The van der Waals surface area contributed by atoms with Gasteiger partial charge in [-0.15, -0.1) is 0 Å². The van der Waals surface area contributed by atoms with Crippen molar-refractivity contribution < 1.29 is 34.0 Å². The predicted octanol–water partition coefficient (Wildman–Crippen LogP) is 3.35. The minimum atomic E-state index is -0.912. The van der Waals surface area contributed by atoms with Gasteiger partial charge in [0.1, 0.15) is 48.2 Å². The summed E-state index contributed by atoms with van der Waals surface area (Å²) in [7, 11) is 0. The van der Waals surface area contributed by atoms with Crippen LogP contribution >= 0.6 is 11.6 Å². The number of allylic oxidation sites excluding steroid dienone is 1. The third-order valence-corrected chi connectivity index (χ3v) is 14.7. The van der Waals surface area contributed by atoms with E-state index in [2.05, 4.69) is 26.5 Å². The van der Waals surface area contributed by atoms with Gasteiger partial charge < -0.3 is 40.1 Å². The van der Waals surface area contributed by atoms with E-state index in [4.69, 9.17) is 31.6 Å². The maximum absolute atomic E-state index is 15.6. The number of halogens is 2. The number of ether oxygens (including phenoxy) is 1. The van der Waals surface area contributed by atoms with Crippen molar-refractivity contribution in [2.24, 2.45) is 27.2 Å². The number of benzene rings is 1. The lowest BCUT2D eigenvalue weighted by molar-refractivity contribution is -0.142. The number of rotatable bonds is 8. The molecule has 2 amide bonds. The van der Waals surface area contributed by atoms with Crippen LogP contribution in [0.25, 0.3) is 0 Å². The van der Waals surface area contributed by atoms with Crippen LogP contribution in [0.5, 0.6) is 5.75 Å². The second-order valence-electron chi connectivity index (χ2n) is 18.1. The number of likely N-dealkylation sites (tertiary alicyclic amines) is 4. The Kier molecular flexibility index (Phi) is 11.9. The van der Waals surface area contributed by atoms with Gasteiger partial charge in [0.05, 0.1) is 58.7 Å². The van der Waals surface area contributed by atoms with Gasteiger partial charge in [-0.05, 0) is 102 Å². The molecule has 17 heteroatoms. The molecule has 0 aromatic heterocycles. The van der Waals surface area contributed by atoms with E-state index in [9.17, 15) is 24.9 Å². The number of aliphatic imine (C=N–C) groups is 2. The van der Waals surface area contributed by atoms with Gasteiger partial charge in [0.25, 0.3) is 0 Å². The van der Waals surface area contributed by atoms with Crippen molar-refractivity contribution in [3.63, 3.8) is 0 Å². The summed E-state index contributed by atoms with van der Waals surface area (Å²) in [5.41, 5.74) is 1.12.